The van der Waals surface area contributed by atoms with Crippen molar-refractivity contribution in [2.75, 3.05) is 0 Å². The van der Waals surface area contributed by atoms with Crippen molar-refractivity contribution in [1.29, 1.82) is 0 Å². The molecular formula is C21H19ClN2O3. The van der Waals surface area contributed by atoms with Crippen molar-refractivity contribution in [2.24, 2.45) is 5.73 Å². The van der Waals surface area contributed by atoms with Crippen molar-refractivity contribution >= 4 is 23.4 Å². The first-order valence-electron chi connectivity index (χ1n) is 8.40. The van der Waals surface area contributed by atoms with Crippen molar-refractivity contribution in [3.05, 3.63) is 94.4 Å². The number of nitrogens with two attached hydrogens (primary N) is 1. The molecule has 0 aliphatic heterocycles. The minimum atomic E-state index is -0.932. The molecule has 1 unspecified atom stereocenters. The average molecular weight is 383 g/mol. The fourth-order valence-corrected chi connectivity index (χ4v) is 3.07. The summed E-state index contributed by atoms with van der Waals surface area (Å²) in [6, 6.07) is 16.4. The number of rotatable bonds is 6. The van der Waals surface area contributed by atoms with Crippen molar-refractivity contribution < 1.29 is 14.0 Å². The van der Waals surface area contributed by atoms with E-state index < -0.39 is 11.9 Å². The van der Waals surface area contributed by atoms with Crippen LogP contribution >= 0.6 is 11.6 Å². The van der Waals surface area contributed by atoms with Gasteiger partial charge in [-0.2, -0.15) is 0 Å². The van der Waals surface area contributed by atoms with Crippen molar-refractivity contribution in [2.45, 2.75) is 19.5 Å². The van der Waals surface area contributed by atoms with Gasteiger partial charge >= 0.3 is 0 Å². The molecule has 5 nitrogen and oxygen atoms in total. The second-order valence-electron chi connectivity index (χ2n) is 6.24. The van der Waals surface area contributed by atoms with Crippen LogP contribution in [0.2, 0.25) is 5.02 Å². The summed E-state index contributed by atoms with van der Waals surface area (Å²) in [5.41, 5.74) is 7.73. The Morgan fingerprint density at radius 2 is 1.85 bits per heavy atom. The number of carbonyl (C=O) groups excluding carboxylic acids is 2. The van der Waals surface area contributed by atoms with Crippen molar-refractivity contribution in [3.63, 3.8) is 0 Å². The lowest BCUT2D eigenvalue weighted by Crippen LogP contribution is -2.41. The monoisotopic (exact) mass is 382 g/mol. The Morgan fingerprint density at radius 1 is 1.11 bits per heavy atom. The third-order valence-electron chi connectivity index (χ3n) is 4.20. The zero-order valence-electron chi connectivity index (χ0n) is 14.8. The molecule has 3 rings (SSSR count). The maximum absolute atomic E-state index is 13.2. The molecule has 1 aromatic heterocycles. The topological polar surface area (TPSA) is 76.5 Å². The van der Waals surface area contributed by atoms with E-state index in [0.29, 0.717) is 21.9 Å². The molecule has 0 aliphatic rings. The molecule has 0 saturated heterocycles. The lowest BCUT2D eigenvalue weighted by atomic mass is 10.0. The normalized spacial score (nSPS) is 11.8. The lowest BCUT2D eigenvalue weighted by Gasteiger charge is -2.29. The quantitative estimate of drug-likeness (QED) is 0.696. The van der Waals surface area contributed by atoms with Crippen LogP contribution in [0.3, 0.4) is 0 Å². The fraction of sp³-hybridized carbons (Fsp3) is 0.143. The van der Waals surface area contributed by atoms with E-state index in [-0.39, 0.29) is 12.5 Å². The van der Waals surface area contributed by atoms with E-state index in [2.05, 4.69) is 0 Å². The number of hydrogen-bond acceptors (Lipinski definition) is 3. The van der Waals surface area contributed by atoms with Crippen LogP contribution in [0.1, 0.15) is 33.3 Å². The first-order chi connectivity index (χ1) is 13.0. The van der Waals surface area contributed by atoms with Crippen molar-refractivity contribution in [1.82, 2.24) is 4.90 Å². The highest BCUT2D eigenvalue weighted by Crippen LogP contribution is 2.26. The van der Waals surface area contributed by atoms with Gasteiger partial charge in [0.15, 0.2) is 0 Å². The van der Waals surface area contributed by atoms with Gasteiger partial charge in [-0.25, -0.2) is 0 Å². The van der Waals surface area contributed by atoms with Gasteiger partial charge < -0.3 is 15.1 Å². The van der Waals surface area contributed by atoms with E-state index in [9.17, 15) is 9.59 Å². The molecule has 0 radical (unpaired) electrons. The van der Waals surface area contributed by atoms with E-state index in [0.717, 1.165) is 5.56 Å². The summed E-state index contributed by atoms with van der Waals surface area (Å²) in [5.74, 6) is -0.404. The molecule has 3 aromatic rings. The number of hydrogen-bond donors (Lipinski definition) is 1. The van der Waals surface area contributed by atoms with E-state index in [1.807, 2.05) is 25.1 Å². The van der Waals surface area contributed by atoms with Gasteiger partial charge in [0.2, 0.25) is 5.91 Å². The Bertz CT molecular complexity index is 936. The molecule has 2 N–H and O–H groups in total. The molecule has 0 aliphatic carbocycles. The minimum absolute atomic E-state index is 0.107. The largest absolute Gasteiger partial charge is 0.467 e. The van der Waals surface area contributed by atoms with Crippen LogP contribution in [-0.4, -0.2) is 16.7 Å². The molecule has 0 saturated carbocycles. The van der Waals surface area contributed by atoms with Gasteiger partial charge in [-0.15, -0.1) is 0 Å². The number of nitrogens with zero attached hydrogens (tertiary/aromatic N) is 1. The summed E-state index contributed by atoms with van der Waals surface area (Å²) in [4.78, 5) is 27.0. The number of halogens is 1. The van der Waals surface area contributed by atoms with Gasteiger partial charge in [0.1, 0.15) is 11.8 Å². The number of primary amides is 1. The summed E-state index contributed by atoms with van der Waals surface area (Å²) < 4.78 is 5.39. The molecule has 0 spiro atoms. The molecule has 1 heterocycles. The van der Waals surface area contributed by atoms with Gasteiger partial charge in [-0.3, -0.25) is 9.59 Å². The molecule has 2 amide bonds. The van der Waals surface area contributed by atoms with E-state index in [1.165, 1.54) is 11.2 Å². The highest BCUT2D eigenvalue weighted by atomic mass is 35.5. The second-order valence-corrected chi connectivity index (χ2v) is 6.67. The number of amides is 2. The SMILES string of the molecule is Cc1cccc(C(C(N)=O)N(Cc2ccco2)C(=O)c2ccc(Cl)cc2)c1. The van der Waals surface area contributed by atoms with E-state index in [1.54, 1.807) is 42.5 Å². The standard InChI is InChI=1S/C21H19ClN2O3/c1-14-4-2-5-16(12-14)19(20(23)25)24(13-18-6-3-11-27-18)21(26)15-7-9-17(22)10-8-15/h2-12,19H,13H2,1H3,(H2,23,25). The smallest absolute Gasteiger partial charge is 0.255 e. The Labute approximate surface area is 162 Å². The van der Waals surface area contributed by atoms with Crippen LogP contribution in [-0.2, 0) is 11.3 Å². The predicted octanol–water partition coefficient (Wildman–Crippen LogP) is 4.11. The first kappa shape index (κ1) is 18.7. The second kappa shape index (κ2) is 8.10. The molecular weight excluding hydrogens is 364 g/mol. The van der Waals surface area contributed by atoms with E-state index >= 15 is 0 Å². The summed E-state index contributed by atoms with van der Waals surface area (Å²) in [7, 11) is 0. The minimum Gasteiger partial charge on any atom is -0.467 e. The van der Waals surface area contributed by atoms with Crippen LogP contribution in [0, 0.1) is 6.92 Å². The number of furan rings is 1. The molecule has 27 heavy (non-hydrogen) atoms. The summed E-state index contributed by atoms with van der Waals surface area (Å²) in [5, 5.41) is 0.522. The molecule has 138 valence electrons. The Hall–Kier alpha value is -3.05. The first-order valence-corrected chi connectivity index (χ1v) is 8.78. The molecule has 0 bridgehead atoms. The van der Waals surface area contributed by atoms with Crippen LogP contribution in [0.4, 0.5) is 0 Å². The number of aryl methyl sites for hydroxylation is 1. The maximum atomic E-state index is 13.2. The molecule has 6 heteroatoms. The average Bonchev–Trinajstić information content (AvgIpc) is 3.14. The Balaban J connectivity index is 2.04. The number of carbonyl (C=O) groups is 2. The summed E-state index contributed by atoms with van der Waals surface area (Å²) in [6.07, 6.45) is 1.52. The molecule has 1 atom stereocenters. The summed E-state index contributed by atoms with van der Waals surface area (Å²) >= 11 is 5.92. The van der Waals surface area contributed by atoms with Crippen LogP contribution < -0.4 is 5.73 Å². The van der Waals surface area contributed by atoms with Crippen LogP contribution in [0.15, 0.2) is 71.3 Å². The highest BCUT2D eigenvalue weighted by Gasteiger charge is 2.31. The van der Waals surface area contributed by atoms with Crippen molar-refractivity contribution in [3.8, 4) is 0 Å². The fourth-order valence-electron chi connectivity index (χ4n) is 2.95. The molecule has 0 fully saturated rings. The van der Waals surface area contributed by atoms with Gasteiger partial charge in [0.05, 0.1) is 12.8 Å². The molecule has 2 aromatic carbocycles. The van der Waals surface area contributed by atoms with Gasteiger partial charge in [0.25, 0.3) is 5.91 Å². The van der Waals surface area contributed by atoms with Crippen LogP contribution in [0.25, 0.3) is 0 Å². The lowest BCUT2D eigenvalue weighted by molar-refractivity contribution is -0.122. The van der Waals surface area contributed by atoms with Gasteiger partial charge in [-0.05, 0) is 48.9 Å². The number of benzene rings is 2. The van der Waals surface area contributed by atoms with Gasteiger partial charge in [0, 0.05) is 10.6 Å². The Kier molecular flexibility index (Phi) is 5.62. The third kappa shape index (κ3) is 4.38. The predicted molar refractivity (Wildman–Crippen MR) is 103 cm³/mol. The van der Waals surface area contributed by atoms with Crippen LogP contribution in [0.5, 0.6) is 0 Å². The van der Waals surface area contributed by atoms with Gasteiger partial charge in [-0.1, -0.05) is 41.4 Å². The van der Waals surface area contributed by atoms with E-state index in [4.69, 9.17) is 21.8 Å². The maximum Gasteiger partial charge on any atom is 0.255 e. The highest BCUT2D eigenvalue weighted by molar-refractivity contribution is 6.30. The Morgan fingerprint density at radius 3 is 2.44 bits per heavy atom. The third-order valence-corrected chi connectivity index (χ3v) is 4.45. The zero-order chi connectivity index (χ0) is 19.4. The zero-order valence-corrected chi connectivity index (χ0v) is 15.5. The summed E-state index contributed by atoms with van der Waals surface area (Å²) in [6.45, 7) is 2.02.